The Balaban J connectivity index is 1.76. The van der Waals surface area contributed by atoms with Crippen LogP contribution in [0.4, 0.5) is 10.3 Å². The Labute approximate surface area is 155 Å². The second kappa shape index (κ2) is 8.53. The lowest BCUT2D eigenvalue weighted by Gasteiger charge is -2.15. The van der Waals surface area contributed by atoms with Gasteiger partial charge in [-0.2, -0.15) is 5.10 Å². The zero-order valence-electron chi connectivity index (χ0n) is 14.1. The van der Waals surface area contributed by atoms with E-state index in [1.165, 1.54) is 12.4 Å². The summed E-state index contributed by atoms with van der Waals surface area (Å²) in [5.74, 6) is 1.23. The number of H-pyrrole nitrogens is 1. The number of nitrogens with one attached hydrogen (secondary N) is 2. The summed E-state index contributed by atoms with van der Waals surface area (Å²) in [6, 6.07) is 9.94. The Bertz CT molecular complexity index is 858. The molecule has 26 heavy (non-hydrogen) atoms. The summed E-state index contributed by atoms with van der Waals surface area (Å²) in [6.07, 6.45) is 1.41. The number of rotatable bonds is 8. The topological polar surface area (TPSA) is 72.1 Å². The van der Waals surface area contributed by atoms with Gasteiger partial charge in [-0.3, -0.25) is 0 Å². The van der Waals surface area contributed by atoms with Gasteiger partial charge in [-0.05, 0) is 24.6 Å². The molecule has 0 saturated heterocycles. The number of hydrogen-bond donors (Lipinski definition) is 2. The molecule has 3 aromatic rings. The van der Waals surface area contributed by atoms with E-state index in [9.17, 15) is 4.39 Å². The molecule has 8 heteroatoms. The van der Waals surface area contributed by atoms with E-state index in [1.54, 1.807) is 30.3 Å². The molecular formula is C18H18ClFN4O2. The molecule has 3 rings (SSSR count). The lowest BCUT2D eigenvalue weighted by atomic mass is 10.2. The highest BCUT2D eigenvalue weighted by atomic mass is 35.5. The normalized spacial score (nSPS) is 10.6. The van der Waals surface area contributed by atoms with Gasteiger partial charge >= 0.3 is 0 Å². The van der Waals surface area contributed by atoms with E-state index in [-0.39, 0.29) is 12.4 Å². The highest BCUT2D eigenvalue weighted by Gasteiger charge is 2.13. The first-order chi connectivity index (χ1) is 12.7. The first-order valence-corrected chi connectivity index (χ1v) is 8.45. The molecule has 0 aliphatic carbocycles. The highest BCUT2D eigenvalue weighted by Crippen LogP contribution is 2.34. The van der Waals surface area contributed by atoms with E-state index in [0.29, 0.717) is 41.2 Å². The Morgan fingerprint density at radius 3 is 2.69 bits per heavy atom. The summed E-state index contributed by atoms with van der Waals surface area (Å²) >= 11 is 6.36. The van der Waals surface area contributed by atoms with Crippen molar-refractivity contribution in [1.29, 1.82) is 0 Å². The maximum absolute atomic E-state index is 13.8. The van der Waals surface area contributed by atoms with Crippen molar-refractivity contribution in [1.82, 2.24) is 15.2 Å². The molecule has 1 aromatic heterocycles. The molecule has 0 fully saturated rings. The fourth-order valence-electron chi connectivity index (χ4n) is 2.33. The fourth-order valence-corrected chi connectivity index (χ4v) is 2.55. The Hall–Kier alpha value is -2.80. The van der Waals surface area contributed by atoms with Gasteiger partial charge in [0.15, 0.2) is 11.5 Å². The molecule has 0 saturated carbocycles. The zero-order chi connectivity index (χ0) is 18.4. The van der Waals surface area contributed by atoms with Crippen molar-refractivity contribution in [2.75, 3.05) is 11.9 Å². The lowest BCUT2D eigenvalue weighted by molar-refractivity contribution is 0.265. The molecule has 2 aromatic carbocycles. The van der Waals surface area contributed by atoms with Gasteiger partial charge in [-0.1, -0.05) is 29.8 Å². The summed E-state index contributed by atoms with van der Waals surface area (Å²) in [7, 11) is 0. The smallest absolute Gasteiger partial charge is 0.218 e. The van der Waals surface area contributed by atoms with Gasteiger partial charge in [0.2, 0.25) is 5.95 Å². The van der Waals surface area contributed by atoms with Crippen LogP contribution in [0, 0.1) is 5.82 Å². The zero-order valence-corrected chi connectivity index (χ0v) is 14.9. The maximum atomic E-state index is 13.8. The quantitative estimate of drug-likeness (QED) is 0.616. The molecule has 0 spiro atoms. The molecule has 0 amide bonds. The van der Waals surface area contributed by atoms with Crippen molar-refractivity contribution in [3.8, 4) is 11.5 Å². The number of anilines is 1. The summed E-state index contributed by atoms with van der Waals surface area (Å²) in [5.41, 5.74) is 1.27. The van der Waals surface area contributed by atoms with E-state index in [2.05, 4.69) is 20.5 Å². The van der Waals surface area contributed by atoms with Crippen LogP contribution in [-0.2, 0) is 13.2 Å². The van der Waals surface area contributed by atoms with Crippen LogP contribution in [0.25, 0.3) is 0 Å². The first-order valence-electron chi connectivity index (χ1n) is 8.08. The van der Waals surface area contributed by atoms with Crippen LogP contribution in [0.1, 0.15) is 18.1 Å². The average Bonchev–Trinajstić information content (AvgIpc) is 3.15. The van der Waals surface area contributed by atoms with E-state index in [1.807, 2.05) is 6.92 Å². The van der Waals surface area contributed by atoms with Crippen LogP contribution in [0.15, 0.2) is 42.7 Å². The largest absolute Gasteiger partial charge is 0.490 e. The standard InChI is InChI=1S/C18H18ClFN4O2/c1-2-25-16-7-13(9-21-18-22-11-23-24-18)14(19)8-17(16)26-10-12-5-3-4-6-15(12)20/h3-8,11H,2,9-10H2,1H3,(H2,21,22,23,24). The van der Waals surface area contributed by atoms with Crippen molar-refractivity contribution in [2.45, 2.75) is 20.1 Å². The van der Waals surface area contributed by atoms with Crippen LogP contribution >= 0.6 is 11.6 Å². The van der Waals surface area contributed by atoms with Gasteiger partial charge in [0.05, 0.1) is 6.61 Å². The molecule has 0 aliphatic heterocycles. The Kier molecular flexibility index (Phi) is 5.91. The Morgan fingerprint density at radius 1 is 1.15 bits per heavy atom. The first kappa shape index (κ1) is 18.0. The number of ether oxygens (including phenoxy) is 2. The number of hydrogen-bond acceptors (Lipinski definition) is 5. The van der Waals surface area contributed by atoms with Crippen molar-refractivity contribution >= 4 is 17.5 Å². The van der Waals surface area contributed by atoms with Crippen molar-refractivity contribution < 1.29 is 13.9 Å². The second-order valence-electron chi connectivity index (χ2n) is 5.39. The van der Waals surface area contributed by atoms with E-state index in [4.69, 9.17) is 21.1 Å². The van der Waals surface area contributed by atoms with Gasteiger partial charge in [0, 0.05) is 23.2 Å². The molecule has 0 radical (unpaired) electrons. The lowest BCUT2D eigenvalue weighted by Crippen LogP contribution is -2.05. The maximum Gasteiger partial charge on any atom is 0.218 e. The summed E-state index contributed by atoms with van der Waals surface area (Å²) in [5, 5.41) is 10.1. The minimum atomic E-state index is -0.315. The van der Waals surface area contributed by atoms with Crippen molar-refractivity contribution in [2.24, 2.45) is 0 Å². The van der Waals surface area contributed by atoms with Crippen molar-refractivity contribution in [3.05, 3.63) is 64.7 Å². The third-order valence-corrected chi connectivity index (χ3v) is 3.97. The van der Waals surface area contributed by atoms with Crippen LogP contribution in [0.2, 0.25) is 5.02 Å². The molecule has 1 heterocycles. The van der Waals surface area contributed by atoms with Crippen LogP contribution in [-0.4, -0.2) is 21.8 Å². The van der Waals surface area contributed by atoms with Gasteiger partial charge in [0.1, 0.15) is 18.8 Å². The minimum absolute atomic E-state index is 0.0821. The van der Waals surface area contributed by atoms with E-state index < -0.39 is 0 Å². The van der Waals surface area contributed by atoms with Crippen molar-refractivity contribution in [3.63, 3.8) is 0 Å². The van der Waals surface area contributed by atoms with Gasteiger partial charge in [-0.25, -0.2) is 14.5 Å². The molecular weight excluding hydrogens is 359 g/mol. The third kappa shape index (κ3) is 4.43. The molecule has 136 valence electrons. The average molecular weight is 377 g/mol. The minimum Gasteiger partial charge on any atom is -0.490 e. The number of aromatic nitrogens is 3. The number of benzene rings is 2. The Morgan fingerprint density at radius 2 is 1.96 bits per heavy atom. The number of aromatic amines is 1. The highest BCUT2D eigenvalue weighted by molar-refractivity contribution is 6.31. The molecule has 6 nitrogen and oxygen atoms in total. The number of halogens is 2. The summed E-state index contributed by atoms with van der Waals surface area (Å²) < 4.78 is 25.2. The summed E-state index contributed by atoms with van der Waals surface area (Å²) in [4.78, 5) is 4.00. The summed E-state index contributed by atoms with van der Waals surface area (Å²) in [6.45, 7) is 2.86. The van der Waals surface area contributed by atoms with E-state index >= 15 is 0 Å². The van der Waals surface area contributed by atoms with Gasteiger partial charge in [0.25, 0.3) is 0 Å². The third-order valence-electron chi connectivity index (χ3n) is 3.61. The molecule has 0 atom stereocenters. The van der Waals surface area contributed by atoms with Crippen LogP contribution in [0.3, 0.4) is 0 Å². The predicted molar refractivity (Wildman–Crippen MR) is 97.1 cm³/mol. The molecule has 2 N–H and O–H groups in total. The molecule has 0 unspecified atom stereocenters. The van der Waals surface area contributed by atoms with E-state index in [0.717, 1.165) is 5.56 Å². The monoisotopic (exact) mass is 376 g/mol. The van der Waals surface area contributed by atoms with Gasteiger partial charge in [-0.15, -0.1) is 0 Å². The predicted octanol–water partition coefficient (Wildman–Crippen LogP) is 4.19. The molecule has 0 aliphatic rings. The SMILES string of the molecule is CCOc1cc(CNc2ncn[nH]2)c(Cl)cc1OCc1ccccc1F. The second-order valence-corrected chi connectivity index (χ2v) is 5.80. The van der Waals surface area contributed by atoms with Crippen LogP contribution < -0.4 is 14.8 Å². The fraction of sp³-hybridized carbons (Fsp3) is 0.222. The van der Waals surface area contributed by atoms with Crippen LogP contribution in [0.5, 0.6) is 11.5 Å². The van der Waals surface area contributed by atoms with Gasteiger partial charge < -0.3 is 14.8 Å². The molecule has 0 bridgehead atoms. The number of nitrogens with zero attached hydrogens (tertiary/aromatic N) is 2.